The number of rotatable bonds is 4. The molecule has 3 N–H and O–H groups in total. The monoisotopic (exact) mass is 289 g/mol. The summed E-state index contributed by atoms with van der Waals surface area (Å²) in [6, 6.07) is 9.75. The second-order valence-electron chi connectivity index (χ2n) is 5.11. The number of benzene rings is 1. The van der Waals surface area contributed by atoms with Crippen LogP contribution in [0, 0.1) is 0 Å². The number of piperazine rings is 1. The van der Waals surface area contributed by atoms with E-state index in [1.165, 1.54) is 0 Å². The number of para-hydroxylation sites is 1. The summed E-state index contributed by atoms with van der Waals surface area (Å²) in [4.78, 5) is 19.8. The number of carbonyl (C=O) groups excluding carboxylic acids is 1. The number of hydrogen-bond acceptors (Lipinski definition) is 3. The number of aliphatic imine (C=N–C) groups is 1. The third-order valence-electron chi connectivity index (χ3n) is 3.56. The molecule has 0 atom stereocenters. The molecule has 0 unspecified atom stereocenters. The van der Waals surface area contributed by atoms with E-state index in [1.54, 1.807) is 6.92 Å². The van der Waals surface area contributed by atoms with Gasteiger partial charge in [-0.2, -0.15) is 0 Å². The zero-order valence-electron chi connectivity index (χ0n) is 12.5. The quantitative estimate of drug-likeness (QED) is 0.628. The van der Waals surface area contributed by atoms with Gasteiger partial charge in [-0.3, -0.25) is 14.7 Å². The minimum atomic E-state index is 0.156. The number of hydrogen-bond donors (Lipinski definition) is 2. The Bertz CT molecular complexity index is 480. The summed E-state index contributed by atoms with van der Waals surface area (Å²) in [7, 11) is 0. The number of carbonyl (C=O) groups is 1. The molecule has 0 saturated carbocycles. The van der Waals surface area contributed by atoms with Gasteiger partial charge < -0.3 is 16.0 Å². The minimum absolute atomic E-state index is 0.156. The SMILES string of the molecule is CC(=O)N1CCN(CCN=C(N)Nc2ccccc2)CC1. The summed E-state index contributed by atoms with van der Waals surface area (Å²) in [6.45, 7) is 6.56. The predicted molar refractivity (Wildman–Crippen MR) is 85.2 cm³/mol. The van der Waals surface area contributed by atoms with Crippen LogP contribution in [0.2, 0.25) is 0 Å². The number of anilines is 1. The zero-order valence-corrected chi connectivity index (χ0v) is 12.5. The lowest BCUT2D eigenvalue weighted by molar-refractivity contribution is -0.130. The third kappa shape index (κ3) is 5.07. The highest BCUT2D eigenvalue weighted by molar-refractivity contribution is 5.92. The molecule has 21 heavy (non-hydrogen) atoms. The molecular formula is C15H23N5O. The number of nitrogens with one attached hydrogen (secondary N) is 1. The van der Waals surface area contributed by atoms with Crippen LogP contribution in [0.5, 0.6) is 0 Å². The smallest absolute Gasteiger partial charge is 0.219 e. The van der Waals surface area contributed by atoms with Crippen LogP contribution in [0.25, 0.3) is 0 Å². The molecule has 114 valence electrons. The van der Waals surface area contributed by atoms with Crippen LogP contribution in [-0.2, 0) is 4.79 Å². The zero-order chi connectivity index (χ0) is 15.1. The Hall–Kier alpha value is -2.08. The van der Waals surface area contributed by atoms with Crippen LogP contribution in [0.4, 0.5) is 5.69 Å². The van der Waals surface area contributed by atoms with Crippen molar-refractivity contribution in [1.82, 2.24) is 9.80 Å². The van der Waals surface area contributed by atoms with Crippen LogP contribution in [0.3, 0.4) is 0 Å². The van der Waals surface area contributed by atoms with Gasteiger partial charge in [0.25, 0.3) is 0 Å². The first kappa shape index (κ1) is 15.3. The van der Waals surface area contributed by atoms with Gasteiger partial charge in [0.1, 0.15) is 0 Å². The first-order valence-electron chi connectivity index (χ1n) is 7.25. The fourth-order valence-electron chi connectivity index (χ4n) is 2.31. The minimum Gasteiger partial charge on any atom is -0.370 e. The number of nitrogens with zero attached hydrogens (tertiary/aromatic N) is 3. The maximum absolute atomic E-state index is 11.2. The summed E-state index contributed by atoms with van der Waals surface area (Å²) < 4.78 is 0. The van der Waals surface area contributed by atoms with Crippen molar-refractivity contribution < 1.29 is 4.79 Å². The van der Waals surface area contributed by atoms with E-state index < -0.39 is 0 Å². The van der Waals surface area contributed by atoms with Gasteiger partial charge >= 0.3 is 0 Å². The van der Waals surface area contributed by atoms with E-state index in [2.05, 4.69) is 15.2 Å². The molecule has 0 spiro atoms. The predicted octanol–water partition coefficient (Wildman–Crippen LogP) is 0.577. The molecule has 0 radical (unpaired) electrons. The molecule has 0 aromatic heterocycles. The molecule has 6 nitrogen and oxygen atoms in total. The van der Waals surface area contributed by atoms with Crippen LogP contribution in [-0.4, -0.2) is 60.9 Å². The number of amides is 1. The molecule has 2 rings (SSSR count). The van der Waals surface area contributed by atoms with Crippen molar-refractivity contribution in [3.63, 3.8) is 0 Å². The van der Waals surface area contributed by atoms with Gasteiger partial charge in [0.2, 0.25) is 5.91 Å². The van der Waals surface area contributed by atoms with E-state index in [0.29, 0.717) is 12.5 Å². The summed E-state index contributed by atoms with van der Waals surface area (Å²) >= 11 is 0. The third-order valence-corrected chi connectivity index (χ3v) is 3.56. The maximum atomic E-state index is 11.2. The highest BCUT2D eigenvalue weighted by Crippen LogP contribution is 2.04. The van der Waals surface area contributed by atoms with E-state index in [0.717, 1.165) is 38.4 Å². The normalized spacial score (nSPS) is 16.8. The van der Waals surface area contributed by atoms with E-state index in [-0.39, 0.29) is 5.91 Å². The first-order chi connectivity index (χ1) is 10.1. The standard InChI is InChI=1S/C15H23N5O/c1-13(21)20-11-9-19(10-12-20)8-7-17-15(16)18-14-5-3-2-4-6-14/h2-6H,7-12H2,1H3,(H3,16,17,18). The Morgan fingerprint density at radius 2 is 1.90 bits per heavy atom. The van der Waals surface area contributed by atoms with Crippen molar-refractivity contribution in [3.05, 3.63) is 30.3 Å². The van der Waals surface area contributed by atoms with Gasteiger partial charge in [-0.15, -0.1) is 0 Å². The van der Waals surface area contributed by atoms with Crippen molar-refractivity contribution in [2.24, 2.45) is 10.7 Å². The largest absolute Gasteiger partial charge is 0.370 e. The summed E-state index contributed by atoms with van der Waals surface area (Å²) in [5, 5.41) is 3.06. The molecule has 1 amide bonds. The Morgan fingerprint density at radius 1 is 1.24 bits per heavy atom. The van der Waals surface area contributed by atoms with Crippen molar-refractivity contribution in [3.8, 4) is 0 Å². The van der Waals surface area contributed by atoms with E-state index in [9.17, 15) is 4.79 Å². The van der Waals surface area contributed by atoms with Gasteiger partial charge in [0.15, 0.2) is 5.96 Å². The topological polar surface area (TPSA) is 74.0 Å². The molecule has 1 aromatic carbocycles. The van der Waals surface area contributed by atoms with Gasteiger partial charge in [-0.25, -0.2) is 0 Å². The van der Waals surface area contributed by atoms with E-state index in [4.69, 9.17) is 5.73 Å². The molecule has 0 bridgehead atoms. The van der Waals surface area contributed by atoms with Crippen LogP contribution in [0.15, 0.2) is 35.3 Å². The second kappa shape index (κ2) is 7.64. The average Bonchev–Trinajstić information content (AvgIpc) is 2.49. The summed E-state index contributed by atoms with van der Waals surface area (Å²) in [5.74, 6) is 0.590. The highest BCUT2D eigenvalue weighted by Gasteiger charge is 2.17. The fourth-order valence-corrected chi connectivity index (χ4v) is 2.31. The molecule has 1 fully saturated rings. The lowest BCUT2D eigenvalue weighted by Gasteiger charge is -2.33. The van der Waals surface area contributed by atoms with E-state index >= 15 is 0 Å². The second-order valence-corrected chi connectivity index (χ2v) is 5.11. The molecule has 6 heteroatoms. The lowest BCUT2D eigenvalue weighted by Crippen LogP contribution is -2.48. The summed E-state index contributed by atoms with van der Waals surface area (Å²) in [5.41, 5.74) is 6.79. The molecule has 1 heterocycles. The Labute approximate surface area is 125 Å². The van der Waals surface area contributed by atoms with Crippen LogP contribution >= 0.6 is 0 Å². The van der Waals surface area contributed by atoms with Gasteiger partial charge in [0, 0.05) is 45.3 Å². The lowest BCUT2D eigenvalue weighted by atomic mass is 10.3. The average molecular weight is 289 g/mol. The molecular weight excluding hydrogens is 266 g/mol. The number of nitrogens with two attached hydrogens (primary N) is 1. The Morgan fingerprint density at radius 3 is 2.52 bits per heavy atom. The first-order valence-corrected chi connectivity index (χ1v) is 7.25. The van der Waals surface area contributed by atoms with Crippen LogP contribution in [0.1, 0.15) is 6.92 Å². The van der Waals surface area contributed by atoms with Crippen molar-refractivity contribution in [2.45, 2.75) is 6.92 Å². The van der Waals surface area contributed by atoms with Gasteiger partial charge in [-0.1, -0.05) is 18.2 Å². The molecule has 0 aliphatic carbocycles. The molecule has 1 aliphatic heterocycles. The highest BCUT2D eigenvalue weighted by atomic mass is 16.2. The Kier molecular flexibility index (Phi) is 5.57. The number of guanidine groups is 1. The van der Waals surface area contributed by atoms with E-state index in [1.807, 2.05) is 35.2 Å². The van der Waals surface area contributed by atoms with Crippen molar-refractivity contribution >= 4 is 17.6 Å². The molecule has 1 aromatic rings. The van der Waals surface area contributed by atoms with Crippen molar-refractivity contribution in [1.29, 1.82) is 0 Å². The van der Waals surface area contributed by atoms with Gasteiger partial charge in [0.05, 0.1) is 6.54 Å². The van der Waals surface area contributed by atoms with Gasteiger partial charge in [-0.05, 0) is 12.1 Å². The Balaban J connectivity index is 1.69. The maximum Gasteiger partial charge on any atom is 0.219 e. The molecule has 1 aliphatic rings. The molecule has 1 saturated heterocycles. The fraction of sp³-hybridized carbons (Fsp3) is 0.467. The van der Waals surface area contributed by atoms with Crippen LogP contribution < -0.4 is 11.1 Å². The van der Waals surface area contributed by atoms with Crippen molar-refractivity contribution in [2.75, 3.05) is 44.6 Å². The summed E-state index contributed by atoms with van der Waals surface area (Å²) in [6.07, 6.45) is 0.